The number of nitrogens with one attached hydrogen (secondary N) is 1. The first-order valence-corrected chi connectivity index (χ1v) is 9.07. The molecule has 0 spiro atoms. The second-order valence-electron chi connectivity index (χ2n) is 6.05. The minimum Gasteiger partial charge on any atom is -0.481 e. The monoisotopic (exact) mass is 336 g/mol. The second-order valence-corrected chi connectivity index (χ2v) is 7.20. The van der Waals surface area contributed by atoms with Gasteiger partial charge in [-0.2, -0.15) is 11.8 Å². The summed E-state index contributed by atoms with van der Waals surface area (Å²) in [5.41, 5.74) is 1.77. The zero-order valence-corrected chi connectivity index (χ0v) is 13.7. The van der Waals surface area contributed by atoms with Crippen molar-refractivity contribution in [2.24, 2.45) is 0 Å². The molecular formula is C16H20N2O4S. The lowest BCUT2D eigenvalue weighted by Crippen LogP contribution is -2.48. The highest BCUT2D eigenvalue weighted by atomic mass is 32.2. The first kappa shape index (κ1) is 16.1. The van der Waals surface area contributed by atoms with Crippen LogP contribution in [0, 0.1) is 0 Å². The number of carbonyl (C=O) groups is 2. The number of amides is 1. The molecule has 7 heteroatoms. The van der Waals surface area contributed by atoms with E-state index in [0.29, 0.717) is 12.3 Å². The Labute approximate surface area is 138 Å². The third-order valence-corrected chi connectivity index (χ3v) is 5.56. The van der Waals surface area contributed by atoms with Crippen molar-refractivity contribution in [2.45, 2.75) is 38.1 Å². The number of aryl methyl sites for hydroxylation is 2. The number of aromatic nitrogens is 1. The summed E-state index contributed by atoms with van der Waals surface area (Å²) in [5.74, 6) is 0.104. The maximum Gasteiger partial charge on any atom is 0.305 e. The predicted molar refractivity (Wildman–Crippen MR) is 88.1 cm³/mol. The number of hydrogen-bond donors (Lipinski definition) is 2. The third kappa shape index (κ3) is 3.44. The molecule has 0 aromatic carbocycles. The molecule has 0 radical (unpaired) electrons. The van der Waals surface area contributed by atoms with Crippen LogP contribution >= 0.6 is 11.8 Å². The molecule has 3 rings (SSSR count). The van der Waals surface area contributed by atoms with Crippen molar-refractivity contribution in [3.63, 3.8) is 0 Å². The molecule has 0 bridgehead atoms. The number of aromatic amines is 1. The zero-order chi connectivity index (χ0) is 16.4. The van der Waals surface area contributed by atoms with Crippen LogP contribution in [0.15, 0.2) is 10.9 Å². The van der Waals surface area contributed by atoms with Crippen molar-refractivity contribution in [1.29, 1.82) is 0 Å². The Balaban J connectivity index is 1.89. The van der Waals surface area contributed by atoms with Crippen LogP contribution in [-0.2, 0) is 17.6 Å². The summed E-state index contributed by atoms with van der Waals surface area (Å²) in [6.45, 7) is 0.484. The Kier molecular flexibility index (Phi) is 4.75. The number of nitrogens with zero attached hydrogens (tertiary/aromatic N) is 1. The fraction of sp³-hybridized carbons (Fsp3) is 0.562. The molecular weight excluding hydrogens is 316 g/mol. The molecule has 23 heavy (non-hydrogen) atoms. The van der Waals surface area contributed by atoms with Crippen molar-refractivity contribution >= 4 is 23.6 Å². The lowest BCUT2D eigenvalue weighted by Gasteiger charge is -2.34. The van der Waals surface area contributed by atoms with Crippen molar-refractivity contribution in [2.75, 3.05) is 18.1 Å². The van der Waals surface area contributed by atoms with Crippen molar-refractivity contribution in [1.82, 2.24) is 9.88 Å². The quantitative estimate of drug-likeness (QED) is 0.868. The van der Waals surface area contributed by atoms with Gasteiger partial charge < -0.3 is 15.0 Å². The molecule has 2 heterocycles. The van der Waals surface area contributed by atoms with E-state index < -0.39 is 5.97 Å². The van der Waals surface area contributed by atoms with Gasteiger partial charge in [0.05, 0.1) is 12.5 Å². The number of carboxylic acid groups (broad SMARTS) is 1. The van der Waals surface area contributed by atoms with Crippen molar-refractivity contribution < 1.29 is 14.7 Å². The number of carboxylic acids is 1. The van der Waals surface area contributed by atoms with Gasteiger partial charge in [-0.05, 0) is 37.3 Å². The summed E-state index contributed by atoms with van der Waals surface area (Å²) in [6, 6.07) is 1.36. The van der Waals surface area contributed by atoms with Gasteiger partial charge in [-0.15, -0.1) is 0 Å². The van der Waals surface area contributed by atoms with E-state index in [9.17, 15) is 14.4 Å². The molecule has 1 atom stereocenters. The summed E-state index contributed by atoms with van der Waals surface area (Å²) in [4.78, 5) is 40.5. The second kappa shape index (κ2) is 6.78. The Morgan fingerprint density at radius 1 is 1.35 bits per heavy atom. The van der Waals surface area contributed by atoms with E-state index in [0.717, 1.165) is 42.7 Å². The standard InChI is InChI=1S/C16H20N2O4S/c19-14(20)8-11-9-23-6-5-18(11)16(22)12-7-10-3-1-2-4-13(10)17-15(12)21/h7,11H,1-6,8-9H2,(H,17,21)(H,19,20). The summed E-state index contributed by atoms with van der Waals surface area (Å²) < 4.78 is 0. The van der Waals surface area contributed by atoms with Gasteiger partial charge in [0.25, 0.3) is 11.5 Å². The maximum atomic E-state index is 12.8. The molecule has 0 saturated carbocycles. The van der Waals surface area contributed by atoms with Gasteiger partial charge in [0.15, 0.2) is 0 Å². The van der Waals surface area contributed by atoms with Crippen LogP contribution in [0.25, 0.3) is 0 Å². The predicted octanol–water partition coefficient (Wildman–Crippen LogP) is 1.29. The van der Waals surface area contributed by atoms with Gasteiger partial charge in [0.1, 0.15) is 5.56 Å². The van der Waals surface area contributed by atoms with Gasteiger partial charge in [-0.25, -0.2) is 0 Å². The summed E-state index contributed by atoms with van der Waals surface area (Å²) in [5, 5.41) is 9.03. The van der Waals surface area contributed by atoms with E-state index >= 15 is 0 Å². The normalized spacial score (nSPS) is 20.9. The Morgan fingerprint density at radius 3 is 2.91 bits per heavy atom. The highest BCUT2D eigenvalue weighted by Gasteiger charge is 2.31. The number of rotatable bonds is 3. The van der Waals surface area contributed by atoms with E-state index in [1.807, 2.05) is 0 Å². The number of pyridine rings is 1. The highest BCUT2D eigenvalue weighted by molar-refractivity contribution is 7.99. The molecule has 1 aliphatic heterocycles. The zero-order valence-electron chi connectivity index (χ0n) is 12.8. The lowest BCUT2D eigenvalue weighted by atomic mass is 9.94. The van der Waals surface area contributed by atoms with Crippen LogP contribution in [0.2, 0.25) is 0 Å². The van der Waals surface area contributed by atoms with Gasteiger partial charge in [-0.3, -0.25) is 14.4 Å². The van der Waals surface area contributed by atoms with E-state index in [1.54, 1.807) is 22.7 Å². The fourth-order valence-electron chi connectivity index (χ4n) is 3.28. The average molecular weight is 336 g/mol. The van der Waals surface area contributed by atoms with Crippen molar-refractivity contribution in [3.8, 4) is 0 Å². The van der Waals surface area contributed by atoms with Gasteiger partial charge in [0, 0.05) is 23.7 Å². The molecule has 1 aromatic heterocycles. The molecule has 1 unspecified atom stereocenters. The SMILES string of the molecule is O=C(O)CC1CSCCN1C(=O)c1cc2c([nH]c1=O)CCCC2. The molecule has 2 aliphatic rings. The van der Waals surface area contributed by atoms with Crippen LogP contribution < -0.4 is 5.56 Å². The molecule has 2 N–H and O–H groups in total. The van der Waals surface area contributed by atoms with Crippen molar-refractivity contribution in [3.05, 3.63) is 33.2 Å². The highest BCUT2D eigenvalue weighted by Crippen LogP contribution is 2.23. The van der Waals surface area contributed by atoms with Crippen LogP contribution in [0.4, 0.5) is 0 Å². The molecule has 124 valence electrons. The molecule has 1 fully saturated rings. The van der Waals surface area contributed by atoms with Crippen LogP contribution in [0.1, 0.15) is 40.9 Å². The number of H-pyrrole nitrogens is 1. The summed E-state index contributed by atoms with van der Waals surface area (Å²) >= 11 is 1.65. The number of aliphatic carboxylic acids is 1. The van der Waals surface area contributed by atoms with Crippen LogP contribution in [0.3, 0.4) is 0 Å². The number of thioether (sulfide) groups is 1. The minimum absolute atomic E-state index is 0.0818. The van der Waals surface area contributed by atoms with Gasteiger partial charge >= 0.3 is 5.97 Å². The lowest BCUT2D eigenvalue weighted by molar-refractivity contribution is -0.138. The molecule has 1 aromatic rings. The number of fused-ring (bicyclic) bond motifs is 1. The van der Waals surface area contributed by atoms with E-state index in [4.69, 9.17) is 5.11 Å². The largest absolute Gasteiger partial charge is 0.481 e. The molecule has 1 aliphatic carbocycles. The van der Waals surface area contributed by atoms with Gasteiger partial charge in [-0.1, -0.05) is 0 Å². The molecule has 6 nitrogen and oxygen atoms in total. The minimum atomic E-state index is -0.922. The first-order chi connectivity index (χ1) is 11.1. The third-order valence-electron chi connectivity index (χ3n) is 4.47. The topological polar surface area (TPSA) is 90.5 Å². The fourth-order valence-corrected chi connectivity index (χ4v) is 4.34. The Morgan fingerprint density at radius 2 is 2.13 bits per heavy atom. The summed E-state index contributed by atoms with van der Waals surface area (Å²) in [7, 11) is 0. The van der Waals surface area contributed by atoms with E-state index in [-0.39, 0.29) is 29.5 Å². The van der Waals surface area contributed by atoms with Gasteiger partial charge in [0.2, 0.25) is 0 Å². The average Bonchev–Trinajstić information content (AvgIpc) is 2.53. The maximum absolute atomic E-state index is 12.8. The smallest absolute Gasteiger partial charge is 0.305 e. The van der Waals surface area contributed by atoms with E-state index in [1.165, 1.54) is 0 Å². The Hall–Kier alpha value is -1.76. The molecule has 1 saturated heterocycles. The molecule has 1 amide bonds. The first-order valence-electron chi connectivity index (χ1n) is 7.92. The van der Waals surface area contributed by atoms with Crippen LogP contribution in [-0.4, -0.2) is 51.0 Å². The Bertz CT molecular complexity index is 685. The number of hydrogen-bond acceptors (Lipinski definition) is 4. The summed E-state index contributed by atoms with van der Waals surface area (Å²) in [6.07, 6.45) is 3.76. The van der Waals surface area contributed by atoms with Crippen LogP contribution in [0.5, 0.6) is 0 Å². The number of carbonyl (C=O) groups excluding carboxylic acids is 1. The van der Waals surface area contributed by atoms with E-state index in [2.05, 4.69) is 4.98 Å².